The summed E-state index contributed by atoms with van der Waals surface area (Å²) in [4.78, 5) is 20.1. The number of ether oxygens (including phenoxy) is 1. The van der Waals surface area contributed by atoms with Gasteiger partial charge in [-0.15, -0.1) is 0 Å². The van der Waals surface area contributed by atoms with Crippen molar-refractivity contribution in [3.05, 3.63) is 89.5 Å². The van der Waals surface area contributed by atoms with E-state index in [1.165, 1.54) is 4.57 Å². The van der Waals surface area contributed by atoms with Crippen LogP contribution in [0.15, 0.2) is 77.8 Å². The number of aromatic hydroxyl groups is 1. The number of carbonyl (C=O) groups is 1. The van der Waals surface area contributed by atoms with Crippen molar-refractivity contribution in [2.75, 3.05) is 33.3 Å². The molecule has 4 rings (SSSR count). The van der Waals surface area contributed by atoms with E-state index in [0.717, 1.165) is 48.3 Å². The van der Waals surface area contributed by atoms with Crippen LogP contribution in [0.25, 0.3) is 10.9 Å². The summed E-state index contributed by atoms with van der Waals surface area (Å²) in [6.07, 6.45) is 0.813. The monoisotopic (exact) mass is 512 g/mol. The van der Waals surface area contributed by atoms with Crippen LogP contribution in [0.2, 0.25) is 0 Å². The van der Waals surface area contributed by atoms with Gasteiger partial charge in [-0.25, -0.2) is 14.4 Å². The molecule has 0 spiro atoms. The van der Waals surface area contributed by atoms with Gasteiger partial charge in [-0.05, 0) is 55.4 Å². The number of rotatable bonds is 10. The van der Waals surface area contributed by atoms with Gasteiger partial charge < -0.3 is 20.1 Å². The van der Waals surface area contributed by atoms with E-state index in [9.17, 15) is 9.90 Å². The van der Waals surface area contributed by atoms with Crippen LogP contribution in [-0.4, -0.2) is 59.6 Å². The maximum Gasteiger partial charge on any atom is 0.328 e. The zero-order valence-corrected chi connectivity index (χ0v) is 22.6. The molecule has 0 aliphatic rings. The van der Waals surface area contributed by atoms with Crippen LogP contribution in [0.3, 0.4) is 0 Å². The Kier molecular flexibility index (Phi) is 8.81. The predicted octanol–water partition coefficient (Wildman–Crippen LogP) is 5.99. The zero-order valence-electron chi connectivity index (χ0n) is 22.6. The summed E-state index contributed by atoms with van der Waals surface area (Å²) >= 11 is 0. The summed E-state index contributed by atoms with van der Waals surface area (Å²) in [6.45, 7) is 9.84. The summed E-state index contributed by atoms with van der Waals surface area (Å²) in [7, 11) is 1.55. The van der Waals surface area contributed by atoms with Crippen LogP contribution in [0.1, 0.15) is 37.5 Å². The van der Waals surface area contributed by atoms with Crippen molar-refractivity contribution in [3.8, 4) is 11.6 Å². The number of nitrogens with zero attached hydrogens (tertiary/aromatic N) is 3. The van der Waals surface area contributed by atoms with E-state index < -0.39 is 6.03 Å². The Morgan fingerprint density at radius 3 is 2.34 bits per heavy atom. The normalized spacial score (nSPS) is 11.8. The Bertz CT molecular complexity index is 1400. The van der Waals surface area contributed by atoms with Crippen molar-refractivity contribution in [2.45, 2.75) is 27.2 Å². The topological polar surface area (TPSA) is 79.1 Å². The van der Waals surface area contributed by atoms with Crippen molar-refractivity contribution in [1.29, 1.82) is 0 Å². The third kappa shape index (κ3) is 5.73. The summed E-state index contributed by atoms with van der Waals surface area (Å²) in [5.74, 6) is 0.634. The average Bonchev–Trinajstić information content (AvgIpc) is 3.25. The minimum absolute atomic E-state index is 0.147. The molecule has 1 amide bonds. The Morgan fingerprint density at radius 2 is 1.71 bits per heavy atom. The summed E-state index contributed by atoms with van der Waals surface area (Å²) in [5, 5.41) is 14.8. The van der Waals surface area contributed by atoms with Gasteiger partial charge >= 0.3 is 6.03 Å². The molecule has 0 bridgehead atoms. The lowest BCUT2D eigenvalue weighted by Crippen LogP contribution is -2.27. The van der Waals surface area contributed by atoms with Crippen LogP contribution >= 0.6 is 0 Å². The minimum Gasteiger partial charge on any atom is -0.494 e. The quantitative estimate of drug-likeness (QED) is 0.256. The Labute approximate surface area is 224 Å². The summed E-state index contributed by atoms with van der Waals surface area (Å²) < 4.78 is 7.25. The lowest BCUT2D eigenvalue weighted by molar-refractivity contribution is 0.223. The van der Waals surface area contributed by atoms with E-state index in [1.807, 2.05) is 72.8 Å². The van der Waals surface area contributed by atoms with E-state index in [0.29, 0.717) is 29.1 Å². The standard InChI is InChI=1S/C31H36N4O3/c1-5-22-13-18-26-27(21-22)35(31(37)32-4)30(36)28(26)29(23-11-9-8-10-12-23)33-24-14-16-25(17-15-24)38-20-19-34(6-2)7-3/h8-18,21,36H,5-7,19-20H2,1-4H3,(H,32,37). The van der Waals surface area contributed by atoms with Crippen LogP contribution in [-0.2, 0) is 6.42 Å². The van der Waals surface area contributed by atoms with Gasteiger partial charge in [0.05, 0.1) is 22.5 Å². The first kappa shape index (κ1) is 26.9. The largest absolute Gasteiger partial charge is 0.494 e. The molecule has 38 heavy (non-hydrogen) atoms. The second-order valence-corrected chi connectivity index (χ2v) is 8.99. The van der Waals surface area contributed by atoms with E-state index in [-0.39, 0.29) is 5.88 Å². The van der Waals surface area contributed by atoms with Crippen LogP contribution in [0.5, 0.6) is 11.6 Å². The number of nitrogens with one attached hydrogen (secondary N) is 1. The first-order chi connectivity index (χ1) is 18.5. The van der Waals surface area contributed by atoms with Crippen molar-refractivity contribution in [2.24, 2.45) is 4.99 Å². The number of amides is 1. The van der Waals surface area contributed by atoms with E-state index >= 15 is 0 Å². The summed E-state index contributed by atoms with van der Waals surface area (Å²) in [5.41, 5.74) is 4.34. The lowest BCUT2D eigenvalue weighted by Gasteiger charge is -2.18. The first-order valence-electron chi connectivity index (χ1n) is 13.2. The van der Waals surface area contributed by atoms with Gasteiger partial charge in [0.15, 0.2) is 0 Å². The fraction of sp³-hybridized carbons (Fsp3) is 0.290. The molecule has 7 heteroatoms. The number of aliphatic imine (C=N–C) groups is 1. The SMILES string of the molecule is CCc1ccc2c(C(=Nc3ccc(OCCN(CC)CC)cc3)c3ccccc3)c(O)n(C(=O)NC)c2c1. The minimum atomic E-state index is -0.411. The molecule has 2 N–H and O–H groups in total. The lowest BCUT2D eigenvalue weighted by atomic mass is 10.00. The number of likely N-dealkylation sites (N-methyl/N-ethyl adjacent to an activating group) is 1. The molecule has 0 saturated heterocycles. The van der Waals surface area contributed by atoms with Gasteiger partial charge in [0.1, 0.15) is 12.4 Å². The number of aryl methyl sites for hydroxylation is 1. The van der Waals surface area contributed by atoms with Gasteiger partial charge in [-0.1, -0.05) is 63.2 Å². The molecule has 3 aromatic carbocycles. The second kappa shape index (κ2) is 12.4. The molecule has 0 saturated carbocycles. The molecule has 0 atom stereocenters. The summed E-state index contributed by atoms with van der Waals surface area (Å²) in [6, 6.07) is 22.8. The highest BCUT2D eigenvalue weighted by Crippen LogP contribution is 2.35. The van der Waals surface area contributed by atoms with Gasteiger partial charge in [-0.2, -0.15) is 0 Å². The fourth-order valence-corrected chi connectivity index (χ4v) is 4.53. The molecule has 0 fully saturated rings. The molecule has 1 heterocycles. The highest BCUT2D eigenvalue weighted by Gasteiger charge is 2.25. The Balaban J connectivity index is 1.78. The molecule has 0 radical (unpaired) electrons. The van der Waals surface area contributed by atoms with Crippen molar-refractivity contribution in [3.63, 3.8) is 0 Å². The molecule has 0 aliphatic heterocycles. The highest BCUT2D eigenvalue weighted by atomic mass is 16.5. The van der Waals surface area contributed by atoms with Crippen molar-refractivity contribution in [1.82, 2.24) is 14.8 Å². The maximum atomic E-state index is 12.8. The van der Waals surface area contributed by atoms with Crippen LogP contribution < -0.4 is 10.1 Å². The zero-order chi connectivity index (χ0) is 27.1. The van der Waals surface area contributed by atoms with E-state index in [4.69, 9.17) is 9.73 Å². The molecular weight excluding hydrogens is 476 g/mol. The third-order valence-corrected chi connectivity index (χ3v) is 6.77. The maximum absolute atomic E-state index is 12.8. The number of hydrogen-bond donors (Lipinski definition) is 2. The predicted molar refractivity (Wildman–Crippen MR) is 154 cm³/mol. The third-order valence-electron chi connectivity index (χ3n) is 6.77. The number of fused-ring (bicyclic) bond motifs is 1. The number of hydrogen-bond acceptors (Lipinski definition) is 5. The molecule has 0 aliphatic carbocycles. The van der Waals surface area contributed by atoms with Gasteiger partial charge in [0.2, 0.25) is 5.88 Å². The molecule has 0 unspecified atom stereocenters. The van der Waals surface area contributed by atoms with Crippen molar-refractivity contribution < 1.29 is 14.6 Å². The molecule has 198 valence electrons. The van der Waals surface area contributed by atoms with E-state index in [2.05, 4.69) is 31.0 Å². The second-order valence-electron chi connectivity index (χ2n) is 8.99. The number of carbonyl (C=O) groups excluding carboxylic acids is 1. The number of benzene rings is 3. The molecule has 4 aromatic rings. The smallest absolute Gasteiger partial charge is 0.328 e. The Hall–Kier alpha value is -4.10. The molecule has 7 nitrogen and oxygen atoms in total. The van der Waals surface area contributed by atoms with Crippen LogP contribution in [0, 0.1) is 0 Å². The molecule has 1 aromatic heterocycles. The first-order valence-corrected chi connectivity index (χ1v) is 13.2. The molecular formula is C31H36N4O3. The number of aromatic nitrogens is 1. The Morgan fingerprint density at radius 1 is 1.00 bits per heavy atom. The fourth-order valence-electron chi connectivity index (χ4n) is 4.53. The average molecular weight is 513 g/mol. The highest BCUT2D eigenvalue weighted by molar-refractivity contribution is 6.23. The van der Waals surface area contributed by atoms with E-state index in [1.54, 1.807) is 7.05 Å². The van der Waals surface area contributed by atoms with Gasteiger partial charge in [0, 0.05) is 24.5 Å². The van der Waals surface area contributed by atoms with Crippen LogP contribution in [0.4, 0.5) is 10.5 Å². The van der Waals surface area contributed by atoms with Gasteiger partial charge in [-0.3, -0.25) is 0 Å². The van der Waals surface area contributed by atoms with Gasteiger partial charge in [0.25, 0.3) is 0 Å². The van der Waals surface area contributed by atoms with Crippen molar-refractivity contribution >= 4 is 28.3 Å².